The Hall–Kier alpha value is -4.75. The van der Waals surface area contributed by atoms with Gasteiger partial charge in [-0.05, 0) is 118 Å². The minimum Gasteiger partial charge on any atom is -0.444 e. The summed E-state index contributed by atoms with van der Waals surface area (Å²) in [5.41, 5.74) is 4.19. The molecule has 3 saturated heterocycles. The minimum atomic E-state index is -0.618. The number of hydrogen-bond acceptors (Lipinski definition) is 8. The lowest BCUT2D eigenvalue weighted by Gasteiger charge is -2.52. The third-order valence-electron chi connectivity index (χ3n) is 11.6. The van der Waals surface area contributed by atoms with E-state index in [4.69, 9.17) is 9.47 Å². The van der Waals surface area contributed by atoms with Crippen LogP contribution in [0.25, 0.3) is 10.9 Å². The predicted octanol–water partition coefficient (Wildman–Crippen LogP) is 7.19. The third-order valence-corrected chi connectivity index (χ3v) is 11.6. The Bertz CT molecular complexity index is 2020. The van der Waals surface area contributed by atoms with E-state index in [1.807, 2.05) is 56.0 Å². The molecule has 3 aromatic carbocycles. The van der Waals surface area contributed by atoms with E-state index in [-0.39, 0.29) is 23.5 Å². The number of anilines is 3. The van der Waals surface area contributed by atoms with Crippen LogP contribution in [0.1, 0.15) is 74.4 Å². The number of carbonyl (C=O) groups excluding carboxylic acids is 2. The van der Waals surface area contributed by atoms with Crippen LogP contribution in [0.3, 0.4) is 0 Å². The summed E-state index contributed by atoms with van der Waals surface area (Å²) in [7, 11) is 0. The molecule has 0 unspecified atom stereocenters. The van der Waals surface area contributed by atoms with Crippen molar-refractivity contribution < 1.29 is 27.8 Å². The average molecular weight is 756 g/mol. The molecule has 4 aromatic rings. The Labute approximate surface area is 320 Å². The van der Waals surface area contributed by atoms with Crippen LogP contribution in [0.15, 0.2) is 54.6 Å². The first kappa shape index (κ1) is 37.2. The van der Waals surface area contributed by atoms with Crippen LogP contribution in [-0.2, 0) is 15.9 Å². The summed E-state index contributed by atoms with van der Waals surface area (Å²) in [6.45, 7) is 12.3. The van der Waals surface area contributed by atoms with E-state index in [1.54, 1.807) is 0 Å². The first-order valence-electron chi connectivity index (χ1n) is 19.6. The van der Waals surface area contributed by atoms with Gasteiger partial charge in [0.1, 0.15) is 17.2 Å². The first-order chi connectivity index (χ1) is 26.4. The largest absolute Gasteiger partial charge is 0.444 e. The zero-order chi connectivity index (χ0) is 38.3. The fraction of sp³-hybridized carbons (Fsp3) is 0.500. The fourth-order valence-corrected chi connectivity index (χ4v) is 8.79. The molecule has 0 radical (unpaired) electrons. The van der Waals surface area contributed by atoms with E-state index >= 15 is 0 Å². The number of aromatic amines is 1. The van der Waals surface area contributed by atoms with Crippen molar-refractivity contribution in [3.8, 4) is 0 Å². The number of ether oxygens (including phenoxy) is 2. The molecule has 4 fully saturated rings. The summed E-state index contributed by atoms with van der Waals surface area (Å²) in [6.07, 6.45) is 5.12. The number of benzene rings is 3. The molecule has 55 heavy (non-hydrogen) atoms. The van der Waals surface area contributed by atoms with Crippen LogP contribution in [0, 0.1) is 17.0 Å². The van der Waals surface area contributed by atoms with Crippen molar-refractivity contribution in [3.05, 3.63) is 82.9 Å². The van der Waals surface area contributed by atoms with Gasteiger partial charge in [0.05, 0.1) is 11.1 Å². The number of hydrogen-bond donors (Lipinski definition) is 3. The summed E-state index contributed by atoms with van der Waals surface area (Å²) in [4.78, 5) is 33.5. The monoisotopic (exact) mass is 755 g/mol. The molecule has 1 aromatic heterocycles. The van der Waals surface area contributed by atoms with Crippen LogP contribution in [0.4, 0.5) is 30.8 Å². The molecule has 8 rings (SSSR count). The second-order valence-corrected chi connectivity index (χ2v) is 16.9. The number of amides is 2. The molecule has 1 aliphatic carbocycles. The topological polar surface area (TPSA) is 115 Å². The molecule has 13 heteroatoms. The van der Waals surface area contributed by atoms with Gasteiger partial charge in [-0.15, -0.1) is 0 Å². The molecular weight excluding hydrogens is 705 g/mol. The third kappa shape index (κ3) is 8.42. The Morgan fingerprint density at radius 1 is 0.945 bits per heavy atom. The van der Waals surface area contributed by atoms with Crippen molar-refractivity contribution in [2.45, 2.75) is 77.0 Å². The highest BCUT2D eigenvalue weighted by Crippen LogP contribution is 2.50. The molecule has 292 valence electrons. The standard InChI is InChI=1S/C42H51F2N7O4/c1-41(2,3)55-40(53)51-11-10-42(26-51)24-33(25-42)50-14-12-49(13-15-50)32-5-6-34(37(23-32)45-31-8-16-54-17-9-31)39(52)46-38-35-21-27(4-7-36(35)47-48-38)18-28-19-29(43)22-30(44)20-28/h4-7,19-23,31,33,45H,8-18,24-26H2,1-3H3,(H2,46,47,48,52). The van der Waals surface area contributed by atoms with Gasteiger partial charge >= 0.3 is 6.09 Å². The molecular formula is C42H51F2N7O4. The lowest BCUT2D eigenvalue weighted by Crippen LogP contribution is -2.57. The van der Waals surface area contributed by atoms with Gasteiger partial charge in [0.25, 0.3) is 5.91 Å². The molecule has 3 N–H and O–H groups in total. The van der Waals surface area contributed by atoms with E-state index in [2.05, 4.69) is 36.7 Å². The van der Waals surface area contributed by atoms with Gasteiger partial charge in [0.2, 0.25) is 0 Å². The highest BCUT2D eigenvalue weighted by molar-refractivity contribution is 6.11. The quantitative estimate of drug-likeness (QED) is 0.173. The molecule has 1 saturated carbocycles. The van der Waals surface area contributed by atoms with Crippen molar-refractivity contribution in [2.75, 3.05) is 68.0 Å². The number of likely N-dealkylation sites (tertiary alicyclic amines) is 1. The van der Waals surface area contributed by atoms with Crippen LogP contribution in [0.2, 0.25) is 0 Å². The summed E-state index contributed by atoms with van der Waals surface area (Å²) in [6, 6.07) is 15.9. The molecule has 4 aliphatic rings. The van der Waals surface area contributed by atoms with Crippen molar-refractivity contribution in [1.82, 2.24) is 20.0 Å². The molecule has 2 amide bonds. The van der Waals surface area contributed by atoms with Crippen LogP contribution in [-0.4, -0.2) is 102 Å². The summed E-state index contributed by atoms with van der Waals surface area (Å²) >= 11 is 0. The summed E-state index contributed by atoms with van der Waals surface area (Å²) in [5.74, 6) is -1.13. The van der Waals surface area contributed by atoms with E-state index in [0.717, 1.165) is 99.9 Å². The van der Waals surface area contributed by atoms with Crippen molar-refractivity contribution in [2.24, 2.45) is 5.41 Å². The number of nitrogens with zero attached hydrogens (tertiary/aromatic N) is 4. The van der Waals surface area contributed by atoms with Crippen molar-refractivity contribution >= 4 is 40.1 Å². The van der Waals surface area contributed by atoms with Crippen LogP contribution in [0.5, 0.6) is 0 Å². The highest BCUT2D eigenvalue weighted by Gasteiger charge is 2.51. The second-order valence-electron chi connectivity index (χ2n) is 16.9. The zero-order valence-electron chi connectivity index (χ0n) is 31.9. The maximum atomic E-state index is 14.0. The number of carbonyl (C=O) groups is 2. The van der Waals surface area contributed by atoms with Gasteiger partial charge in [0.15, 0.2) is 5.82 Å². The van der Waals surface area contributed by atoms with Crippen LogP contribution >= 0.6 is 0 Å². The van der Waals surface area contributed by atoms with E-state index < -0.39 is 17.2 Å². The lowest BCUT2D eigenvalue weighted by atomic mass is 9.64. The fourth-order valence-electron chi connectivity index (χ4n) is 8.79. The smallest absolute Gasteiger partial charge is 0.410 e. The molecule has 0 atom stereocenters. The number of H-pyrrole nitrogens is 1. The average Bonchev–Trinajstić information content (AvgIpc) is 3.76. The van der Waals surface area contributed by atoms with Gasteiger partial charge < -0.3 is 29.9 Å². The van der Waals surface area contributed by atoms with Gasteiger partial charge in [-0.3, -0.25) is 14.8 Å². The maximum absolute atomic E-state index is 14.0. The first-order valence-corrected chi connectivity index (χ1v) is 19.6. The molecule has 3 aliphatic heterocycles. The Balaban J connectivity index is 0.926. The molecule has 1 spiro atoms. The van der Waals surface area contributed by atoms with Gasteiger partial charge in [0, 0.05) is 87.4 Å². The Kier molecular flexibility index (Phi) is 10.2. The maximum Gasteiger partial charge on any atom is 0.410 e. The Morgan fingerprint density at radius 2 is 1.69 bits per heavy atom. The SMILES string of the molecule is CC(C)(C)OC(=O)N1CCC2(CC(N3CCN(c4ccc(C(=O)Nc5n[nH]c6ccc(Cc7cc(F)cc(F)c7)cc56)c(NC5CCOCC5)c4)CC3)C2)C1. The summed E-state index contributed by atoms with van der Waals surface area (Å²) < 4.78 is 38.9. The summed E-state index contributed by atoms with van der Waals surface area (Å²) in [5, 5.41) is 14.8. The van der Waals surface area contributed by atoms with E-state index in [0.29, 0.717) is 48.0 Å². The zero-order valence-corrected chi connectivity index (χ0v) is 31.9. The van der Waals surface area contributed by atoms with Crippen molar-refractivity contribution in [3.63, 3.8) is 0 Å². The van der Waals surface area contributed by atoms with Crippen LogP contribution < -0.4 is 15.5 Å². The number of aromatic nitrogens is 2. The molecule has 4 heterocycles. The lowest BCUT2D eigenvalue weighted by molar-refractivity contribution is -0.00366. The van der Waals surface area contributed by atoms with E-state index in [9.17, 15) is 18.4 Å². The Morgan fingerprint density at radius 3 is 2.42 bits per heavy atom. The number of halogens is 2. The highest BCUT2D eigenvalue weighted by atomic mass is 19.1. The van der Waals surface area contributed by atoms with Crippen molar-refractivity contribution in [1.29, 1.82) is 0 Å². The van der Waals surface area contributed by atoms with Gasteiger partial charge in [-0.1, -0.05) is 6.07 Å². The number of rotatable bonds is 8. The number of fused-ring (bicyclic) bond motifs is 1. The second kappa shape index (κ2) is 15.1. The van der Waals surface area contributed by atoms with Gasteiger partial charge in [-0.25, -0.2) is 13.6 Å². The van der Waals surface area contributed by atoms with E-state index in [1.165, 1.54) is 12.1 Å². The molecule has 11 nitrogen and oxygen atoms in total. The normalized spacial score (nSPS) is 22.2. The molecule has 0 bridgehead atoms. The van der Waals surface area contributed by atoms with Gasteiger partial charge in [-0.2, -0.15) is 5.10 Å². The minimum absolute atomic E-state index is 0.182. The number of nitrogens with one attached hydrogen (secondary N) is 3. The predicted molar refractivity (Wildman–Crippen MR) is 209 cm³/mol. The number of piperazine rings is 1.